The summed E-state index contributed by atoms with van der Waals surface area (Å²) in [7, 11) is 0. The van der Waals surface area contributed by atoms with E-state index in [1.54, 1.807) is 0 Å². The number of fused-ring (bicyclic) bond motifs is 8. The second-order valence-corrected chi connectivity index (χ2v) is 25.2. The smallest absolute Gasteiger partial charge is 0.0578 e. The topological polar surface area (TPSA) is 29.5 Å². The van der Waals surface area contributed by atoms with Crippen LogP contribution in [0.2, 0.25) is 0 Å². The summed E-state index contributed by atoms with van der Waals surface area (Å²) in [5, 5.41) is 10.5. The second-order valence-electron chi connectivity index (χ2n) is 25.2. The Morgan fingerprint density at radius 2 is 1.03 bits per heavy atom. The molecule has 1 unspecified atom stereocenters. The molecule has 8 aliphatic carbocycles. The molecule has 0 aliphatic heterocycles. The number of aliphatic hydroxyl groups excluding tert-OH is 1. The van der Waals surface area contributed by atoms with E-state index in [0.717, 1.165) is 84.5 Å². The van der Waals surface area contributed by atoms with Gasteiger partial charge in [0.15, 0.2) is 0 Å². The highest BCUT2D eigenvalue weighted by atomic mass is 16.5. The van der Waals surface area contributed by atoms with Crippen molar-refractivity contribution in [2.75, 3.05) is 6.61 Å². The fourth-order valence-corrected chi connectivity index (χ4v) is 17.5. The first kappa shape index (κ1) is 44.0. The van der Waals surface area contributed by atoms with Crippen molar-refractivity contribution in [3.05, 3.63) is 22.3 Å². The molecule has 0 radical (unpaired) electrons. The van der Waals surface area contributed by atoms with Gasteiger partial charge >= 0.3 is 0 Å². The van der Waals surface area contributed by atoms with E-state index in [1.165, 1.54) is 128 Å². The Morgan fingerprint density at radius 1 is 0.534 bits per heavy atom. The molecule has 6 saturated carbocycles. The van der Waals surface area contributed by atoms with Gasteiger partial charge in [-0.05, 0) is 208 Å². The third-order valence-electron chi connectivity index (χ3n) is 22.3. The van der Waals surface area contributed by atoms with Crippen molar-refractivity contribution in [2.45, 2.75) is 230 Å². The van der Waals surface area contributed by atoms with Crippen molar-refractivity contribution in [1.29, 1.82) is 0 Å². The van der Waals surface area contributed by atoms with Crippen LogP contribution >= 0.6 is 0 Å². The van der Waals surface area contributed by atoms with Crippen LogP contribution in [0.1, 0.15) is 217 Å². The maximum atomic E-state index is 10.5. The second kappa shape index (κ2) is 16.8. The fraction of sp³-hybridized carbons (Fsp3) is 0.929. The van der Waals surface area contributed by atoms with E-state index in [0.29, 0.717) is 33.7 Å². The molecule has 6 fully saturated rings. The molecule has 330 valence electrons. The predicted molar refractivity (Wildman–Crippen MR) is 245 cm³/mol. The largest absolute Gasteiger partial charge is 0.393 e. The zero-order valence-electron chi connectivity index (χ0n) is 40.2. The summed E-state index contributed by atoms with van der Waals surface area (Å²) in [5.74, 6) is 9.71. The van der Waals surface area contributed by atoms with Crippen LogP contribution in [0.25, 0.3) is 0 Å². The lowest BCUT2D eigenvalue weighted by molar-refractivity contribution is -0.0750. The Balaban J connectivity index is 0.811. The van der Waals surface area contributed by atoms with E-state index < -0.39 is 0 Å². The van der Waals surface area contributed by atoms with Gasteiger partial charge in [-0.3, -0.25) is 0 Å². The lowest BCUT2D eigenvalue weighted by Crippen LogP contribution is -2.48. The molecule has 0 heterocycles. The van der Waals surface area contributed by atoms with Gasteiger partial charge in [0.05, 0.1) is 12.2 Å². The summed E-state index contributed by atoms with van der Waals surface area (Å²) in [6, 6.07) is 0. The summed E-state index contributed by atoms with van der Waals surface area (Å²) in [5.41, 5.74) is 9.65. The number of hydrogen-bond acceptors (Lipinski definition) is 2. The Hall–Kier alpha value is -0.600. The van der Waals surface area contributed by atoms with Crippen molar-refractivity contribution < 1.29 is 9.84 Å². The van der Waals surface area contributed by atoms with E-state index in [4.69, 9.17) is 4.74 Å². The molecule has 0 aromatic rings. The minimum atomic E-state index is -0.0436. The molecular weight excluding hydrogens is 705 g/mol. The average molecular weight is 799 g/mol. The molecule has 2 nitrogen and oxygen atoms in total. The SMILES string of the molecule is CC(C)[C@@H](C)CC[C@@H](C)[C@H]1CCC2=C3CC[C@H]4C[C@@H](OCC(C)[C@@H](C)CC[C@@H](C)[C@H]5CCC6=C7CC[C@H]8C[C@@H](O)CC[C@]8(C)[C@H]7CC[C@@]65C)CC[C@]4(C)[C@H]3CC[C@@]21C. The molecule has 0 spiro atoms. The Bertz CT molecular complexity index is 1520. The summed E-state index contributed by atoms with van der Waals surface area (Å²) >= 11 is 0. The number of rotatable bonds is 13. The zero-order valence-corrected chi connectivity index (χ0v) is 40.2. The molecule has 58 heavy (non-hydrogen) atoms. The third-order valence-corrected chi connectivity index (χ3v) is 22.3. The molecule has 8 aliphatic rings. The van der Waals surface area contributed by atoms with Crippen molar-refractivity contribution in [3.8, 4) is 0 Å². The highest BCUT2D eigenvalue weighted by Gasteiger charge is 2.57. The highest BCUT2D eigenvalue weighted by molar-refractivity contribution is 5.36. The van der Waals surface area contributed by atoms with Gasteiger partial charge in [0, 0.05) is 6.61 Å². The molecule has 1 N–H and O–H groups in total. The van der Waals surface area contributed by atoms with E-state index in [2.05, 4.69) is 76.2 Å². The van der Waals surface area contributed by atoms with E-state index in [9.17, 15) is 5.11 Å². The van der Waals surface area contributed by atoms with Gasteiger partial charge in [-0.15, -0.1) is 0 Å². The van der Waals surface area contributed by atoms with E-state index >= 15 is 0 Å². The van der Waals surface area contributed by atoms with Gasteiger partial charge in [-0.1, -0.05) is 124 Å². The lowest BCUT2D eigenvalue weighted by Gasteiger charge is -2.57. The minimum absolute atomic E-state index is 0.0436. The summed E-state index contributed by atoms with van der Waals surface area (Å²) < 4.78 is 6.94. The minimum Gasteiger partial charge on any atom is -0.393 e. The van der Waals surface area contributed by atoms with E-state index in [1.807, 2.05) is 22.3 Å². The van der Waals surface area contributed by atoms with Crippen LogP contribution < -0.4 is 0 Å². The standard InChI is InChI=1S/C56H94O2/c1-35(2)36(3)12-14-38(5)47-20-22-50-46-19-17-42-33-44(25-29-54(42,9)52(46)27-31-55(47,50)10)58-34-40(7)37(4)13-15-39(6)48-21-23-49-45-18-16-41-32-43(57)24-28-53(41,8)51(45)26-30-56(48,49)11/h35-44,47-48,51-52,57H,12-34H2,1-11H3/t36-,37-,38+,39+,40?,41-,42-,43-,44-,47+,48+,51-,52-,53-,54-,55+,56+/m0/s1. The van der Waals surface area contributed by atoms with Crippen molar-refractivity contribution in [3.63, 3.8) is 0 Å². The maximum Gasteiger partial charge on any atom is 0.0578 e. The third kappa shape index (κ3) is 7.65. The number of ether oxygens (including phenoxy) is 1. The molecule has 2 heteroatoms. The monoisotopic (exact) mass is 799 g/mol. The van der Waals surface area contributed by atoms with Crippen LogP contribution in [0.15, 0.2) is 22.3 Å². The summed E-state index contributed by atoms with van der Waals surface area (Å²) in [6.07, 6.45) is 30.2. The van der Waals surface area contributed by atoms with Crippen molar-refractivity contribution in [2.24, 2.45) is 92.7 Å². The number of aliphatic hydroxyl groups is 1. The molecule has 0 aromatic heterocycles. The molecule has 8 rings (SSSR count). The Labute approximate surface area is 359 Å². The molecule has 0 amide bonds. The lowest BCUT2D eigenvalue weighted by atomic mass is 9.48. The molecule has 0 aromatic carbocycles. The quantitative estimate of drug-likeness (QED) is 0.188. The van der Waals surface area contributed by atoms with Gasteiger partial charge in [-0.25, -0.2) is 0 Å². The first-order chi connectivity index (χ1) is 27.5. The molecule has 0 saturated heterocycles. The molecule has 0 bridgehead atoms. The first-order valence-corrected chi connectivity index (χ1v) is 26.2. The van der Waals surface area contributed by atoms with Crippen LogP contribution in [0.4, 0.5) is 0 Å². The maximum absolute atomic E-state index is 10.5. The first-order valence-electron chi connectivity index (χ1n) is 26.2. The molecular formula is C56H94O2. The average Bonchev–Trinajstić information content (AvgIpc) is 3.74. The van der Waals surface area contributed by atoms with Gasteiger partial charge in [0.25, 0.3) is 0 Å². The normalized spacial score (nSPS) is 45.1. The van der Waals surface area contributed by atoms with Gasteiger partial charge in [0.2, 0.25) is 0 Å². The summed E-state index contributed by atoms with van der Waals surface area (Å²) in [4.78, 5) is 0. The van der Waals surface area contributed by atoms with Crippen molar-refractivity contribution in [1.82, 2.24) is 0 Å². The summed E-state index contributed by atoms with van der Waals surface area (Å²) in [6.45, 7) is 29.3. The van der Waals surface area contributed by atoms with E-state index in [-0.39, 0.29) is 6.10 Å². The van der Waals surface area contributed by atoms with Crippen LogP contribution in [-0.2, 0) is 4.74 Å². The van der Waals surface area contributed by atoms with Crippen LogP contribution in [0.3, 0.4) is 0 Å². The highest BCUT2D eigenvalue weighted by Crippen LogP contribution is 2.68. The molecule has 17 atom stereocenters. The van der Waals surface area contributed by atoms with Gasteiger partial charge in [0.1, 0.15) is 0 Å². The Kier molecular flexibility index (Phi) is 12.8. The number of hydrogen-bond donors (Lipinski definition) is 1. The van der Waals surface area contributed by atoms with Gasteiger partial charge in [-0.2, -0.15) is 0 Å². The van der Waals surface area contributed by atoms with Crippen LogP contribution in [-0.4, -0.2) is 23.9 Å². The van der Waals surface area contributed by atoms with Crippen LogP contribution in [0.5, 0.6) is 0 Å². The Morgan fingerprint density at radius 3 is 1.57 bits per heavy atom. The van der Waals surface area contributed by atoms with Gasteiger partial charge < -0.3 is 9.84 Å². The fourth-order valence-electron chi connectivity index (χ4n) is 17.5. The van der Waals surface area contributed by atoms with Crippen molar-refractivity contribution >= 4 is 0 Å². The predicted octanol–water partition coefficient (Wildman–Crippen LogP) is 15.6. The number of allylic oxidation sites excluding steroid dienone is 4. The zero-order chi connectivity index (χ0) is 41.4. The van der Waals surface area contributed by atoms with Crippen LogP contribution in [0, 0.1) is 92.7 Å².